The van der Waals surface area contributed by atoms with Crippen molar-refractivity contribution in [3.63, 3.8) is 0 Å². The molecule has 0 radical (unpaired) electrons. The smallest absolute Gasteiger partial charge is 0.306 e. The number of aromatic nitrogens is 6. The van der Waals surface area contributed by atoms with E-state index in [9.17, 15) is 18.7 Å². The molecule has 2 N–H and O–H groups in total. The van der Waals surface area contributed by atoms with Gasteiger partial charge in [-0.25, -0.2) is 28.4 Å². The van der Waals surface area contributed by atoms with E-state index in [0.29, 0.717) is 41.4 Å². The van der Waals surface area contributed by atoms with E-state index in [1.165, 1.54) is 18.2 Å². The molecule has 1 aromatic carbocycles. The predicted molar refractivity (Wildman–Crippen MR) is 138 cm³/mol. The highest BCUT2D eigenvalue weighted by molar-refractivity contribution is 5.70. The van der Waals surface area contributed by atoms with Crippen LogP contribution in [0.4, 0.5) is 14.7 Å². The van der Waals surface area contributed by atoms with Crippen molar-refractivity contribution in [1.82, 2.24) is 29.9 Å². The van der Waals surface area contributed by atoms with Crippen molar-refractivity contribution in [3.05, 3.63) is 65.6 Å². The van der Waals surface area contributed by atoms with Gasteiger partial charge in [-0.05, 0) is 56.9 Å². The molecule has 0 amide bonds. The Morgan fingerprint density at radius 1 is 1.13 bits per heavy atom. The first-order valence-corrected chi connectivity index (χ1v) is 12.6. The molecule has 5 rings (SSSR count). The first kappa shape index (κ1) is 26.1. The summed E-state index contributed by atoms with van der Waals surface area (Å²) in [5.74, 6) is -1.79. The molecule has 0 aliphatic heterocycles. The van der Waals surface area contributed by atoms with Crippen LogP contribution in [0.5, 0.6) is 5.75 Å². The number of hydrogen-bond donors (Lipinski definition) is 2. The maximum Gasteiger partial charge on any atom is 0.306 e. The topological polar surface area (TPSA) is 128 Å². The summed E-state index contributed by atoms with van der Waals surface area (Å²) in [6.45, 7) is 2.01. The van der Waals surface area contributed by atoms with Crippen LogP contribution in [0.25, 0.3) is 22.6 Å². The number of ether oxygens (including phenoxy) is 1. The largest absolute Gasteiger partial charge is 0.489 e. The zero-order chi connectivity index (χ0) is 27.5. The van der Waals surface area contributed by atoms with Crippen molar-refractivity contribution in [2.75, 3.05) is 5.32 Å². The number of aliphatic carboxylic acids is 1. The van der Waals surface area contributed by atoms with Gasteiger partial charge in [-0.3, -0.25) is 4.79 Å². The van der Waals surface area contributed by atoms with Crippen LogP contribution in [0.3, 0.4) is 0 Å². The highest BCUT2D eigenvalue weighted by Crippen LogP contribution is 2.31. The summed E-state index contributed by atoms with van der Waals surface area (Å²) in [7, 11) is 1.73. The van der Waals surface area contributed by atoms with Gasteiger partial charge < -0.3 is 15.2 Å². The summed E-state index contributed by atoms with van der Waals surface area (Å²) in [6, 6.07) is 9.40. The Morgan fingerprint density at radius 2 is 1.95 bits per heavy atom. The van der Waals surface area contributed by atoms with Crippen molar-refractivity contribution in [3.8, 4) is 28.4 Å². The SMILES string of the molecule is Cc1nc(-c2nnn(C)c2CNc2ncc(F)c(-c3ccccc3F)n2)ccc1O[C@H]1CCC[C@H](C(=O)O)C1. The number of rotatable bonds is 8. The number of benzene rings is 1. The van der Waals surface area contributed by atoms with Crippen molar-refractivity contribution in [2.45, 2.75) is 45.3 Å². The van der Waals surface area contributed by atoms with Crippen LogP contribution in [-0.2, 0) is 18.4 Å². The molecule has 4 aromatic rings. The van der Waals surface area contributed by atoms with Gasteiger partial charge in [0.25, 0.3) is 0 Å². The fourth-order valence-electron chi connectivity index (χ4n) is 4.69. The molecule has 0 bridgehead atoms. The minimum absolute atomic E-state index is 0.0389. The van der Waals surface area contributed by atoms with Crippen molar-refractivity contribution in [2.24, 2.45) is 13.0 Å². The second-order valence-electron chi connectivity index (χ2n) is 9.45. The van der Waals surface area contributed by atoms with Crippen molar-refractivity contribution < 1.29 is 23.4 Å². The highest BCUT2D eigenvalue weighted by Gasteiger charge is 2.28. The van der Waals surface area contributed by atoms with E-state index in [4.69, 9.17) is 4.74 Å². The number of nitrogens with zero attached hydrogens (tertiary/aromatic N) is 6. The molecule has 1 fully saturated rings. The average Bonchev–Trinajstić information content (AvgIpc) is 3.30. The molecular weight excluding hydrogens is 508 g/mol. The van der Waals surface area contributed by atoms with Gasteiger partial charge in [0.15, 0.2) is 5.82 Å². The van der Waals surface area contributed by atoms with E-state index in [1.54, 1.807) is 29.9 Å². The van der Waals surface area contributed by atoms with Crippen molar-refractivity contribution >= 4 is 11.9 Å². The number of carboxylic acids is 1. The molecule has 202 valence electrons. The first-order chi connectivity index (χ1) is 18.8. The number of aryl methyl sites for hydroxylation is 2. The summed E-state index contributed by atoms with van der Waals surface area (Å²) in [6.07, 6.45) is 3.57. The monoisotopic (exact) mass is 535 g/mol. The number of nitrogens with one attached hydrogen (secondary N) is 1. The second kappa shape index (κ2) is 11.1. The zero-order valence-electron chi connectivity index (χ0n) is 21.4. The summed E-state index contributed by atoms with van der Waals surface area (Å²) in [5, 5.41) is 20.8. The molecule has 0 saturated heterocycles. The minimum atomic E-state index is -0.785. The number of halogens is 2. The lowest BCUT2D eigenvalue weighted by atomic mass is 9.87. The highest BCUT2D eigenvalue weighted by atomic mass is 19.1. The molecule has 10 nitrogen and oxygen atoms in total. The Hall–Kier alpha value is -4.48. The van der Waals surface area contributed by atoms with E-state index in [0.717, 1.165) is 19.0 Å². The predicted octanol–water partition coefficient (Wildman–Crippen LogP) is 4.56. The molecule has 2 atom stereocenters. The Bertz CT molecular complexity index is 1510. The van der Waals surface area contributed by atoms with Crippen LogP contribution < -0.4 is 10.1 Å². The third-order valence-electron chi connectivity index (χ3n) is 6.78. The fourth-order valence-corrected chi connectivity index (χ4v) is 4.69. The lowest BCUT2D eigenvalue weighted by Crippen LogP contribution is -2.29. The molecule has 39 heavy (non-hydrogen) atoms. The van der Waals surface area contributed by atoms with Gasteiger partial charge in [0, 0.05) is 12.6 Å². The molecule has 3 aromatic heterocycles. The van der Waals surface area contributed by atoms with Crippen molar-refractivity contribution in [1.29, 1.82) is 0 Å². The Labute approximate surface area is 223 Å². The Balaban J connectivity index is 1.32. The van der Waals surface area contributed by atoms with Gasteiger partial charge in [-0.15, -0.1) is 5.10 Å². The van der Waals surface area contributed by atoms with Gasteiger partial charge in [0.05, 0.1) is 41.8 Å². The van der Waals surface area contributed by atoms with Crippen LogP contribution in [-0.4, -0.2) is 47.1 Å². The zero-order valence-corrected chi connectivity index (χ0v) is 21.4. The molecular formula is C27H27F2N7O3. The van der Waals surface area contributed by atoms with Gasteiger partial charge in [-0.2, -0.15) is 0 Å². The second-order valence-corrected chi connectivity index (χ2v) is 9.45. The van der Waals surface area contributed by atoms with E-state index in [-0.39, 0.29) is 35.8 Å². The first-order valence-electron chi connectivity index (χ1n) is 12.6. The van der Waals surface area contributed by atoms with Crippen LogP contribution in [0, 0.1) is 24.5 Å². The van der Waals surface area contributed by atoms with E-state index in [2.05, 4.69) is 30.6 Å². The third-order valence-corrected chi connectivity index (χ3v) is 6.78. The van der Waals surface area contributed by atoms with Gasteiger partial charge in [-0.1, -0.05) is 17.3 Å². The lowest BCUT2D eigenvalue weighted by molar-refractivity contribution is -0.143. The van der Waals surface area contributed by atoms with Gasteiger partial charge >= 0.3 is 5.97 Å². The number of pyridine rings is 1. The quantitative estimate of drug-likeness (QED) is 0.334. The van der Waals surface area contributed by atoms with Crippen LogP contribution in [0.2, 0.25) is 0 Å². The molecule has 0 unspecified atom stereocenters. The minimum Gasteiger partial charge on any atom is -0.489 e. The normalized spacial score (nSPS) is 17.1. The van der Waals surface area contributed by atoms with Crippen LogP contribution >= 0.6 is 0 Å². The Morgan fingerprint density at radius 3 is 2.72 bits per heavy atom. The standard InChI is InChI=1S/C27H27F2N7O3/c1-15-23(39-17-7-5-6-16(12-17)26(37)38)11-10-21(32-15)25-22(36(2)35-34-25)14-31-27-30-13-20(29)24(33-27)18-8-3-4-9-19(18)28/h3-4,8-11,13,16-17H,5-7,12,14H2,1-2H3,(H,37,38)(H,30,31,33)/t16-,17-/m0/s1. The summed E-state index contributed by atoms with van der Waals surface area (Å²) in [4.78, 5) is 24.2. The van der Waals surface area contributed by atoms with Gasteiger partial charge in [0.2, 0.25) is 5.95 Å². The number of anilines is 1. The molecule has 1 aliphatic carbocycles. The summed E-state index contributed by atoms with van der Waals surface area (Å²) in [5.41, 5.74) is 2.31. The Kier molecular flexibility index (Phi) is 7.44. The molecule has 1 saturated carbocycles. The lowest BCUT2D eigenvalue weighted by Gasteiger charge is -2.27. The van der Waals surface area contributed by atoms with Crippen LogP contribution in [0.1, 0.15) is 37.1 Å². The maximum atomic E-state index is 14.4. The molecule has 0 spiro atoms. The third kappa shape index (κ3) is 5.69. The summed E-state index contributed by atoms with van der Waals surface area (Å²) >= 11 is 0. The number of hydrogen-bond acceptors (Lipinski definition) is 8. The average molecular weight is 536 g/mol. The van der Waals surface area contributed by atoms with Crippen LogP contribution in [0.15, 0.2) is 42.6 Å². The van der Waals surface area contributed by atoms with E-state index < -0.39 is 17.6 Å². The van der Waals surface area contributed by atoms with E-state index >= 15 is 0 Å². The fraction of sp³-hybridized carbons (Fsp3) is 0.333. The van der Waals surface area contributed by atoms with Gasteiger partial charge in [0.1, 0.15) is 23.0 Å². The maximum absolute atomic E-state index is 14.4. The molecule has 1 aliphatic rings. The molecule has 12 heteroatoms. The summed E-state index contributed by atoms with van der Waals surface area (Å²) < 4.78 is 36.3. The number of carbonyl (C=O) groups is 1. The van der Waals surface area contributed by atoms with E-state index in [1.807, 2.05) is 6.92 Å². The molecule has 3 heterocycles. The number of carboxylic acid groups (broad SMARTS) is 1.